The van der Waals surface area contributed by atoms with Gasteiger partial charge >= 0.3 is 0 Å². The quantitative estimate of drug-likeness (QED) is 0.687. The van der Waals surface area contributed by atoms with Crippen molar-refractivity contribution in [1.82, 2.24) is 10.5 Å². The number of aromatic nitrogens is 1. The zero-order chi connectivity index (χ0) is 19.6. The van der Waals surface area contributed by atoms with Crippen LogP contribution in [-0.4, -0.2) is 22.7 Å². The van der Waals surface area contributed by atoms with Gasteiger partial charge in [-0.1, -0.05) is 35.0 Å². The Bertz CT molecular complexity index is 971. The van der Waals surface area contributed by atoms with E-state index in [0.29, 0.717) is 5.56 Å². The van der Waals surface area contributed by atoms with E-state index in [9.17, 15) is 18.7 Å². The maximum atomic E-state index is 14.2. The highest BCUT2D eigenvalue weighted by molar-refractivity contribution is 6.33. The molecule has 1 amide bonds. The fourth-order valence-electron chi connectivity index (χ4n) is 2.64. The van der Waals surface area contributed by atoms with Crippen LogP contribution < -0.4 is 5.32 Å². The SMILES string of the molecule is Cc1onc(-c2c(F)cccc2Cl)c1C(=O)NCC(O)c1cccc(F)c1. The third-order valence-corrected chi connectivity index (χ3v) is 4.29. The van der Waals surface area contributed by atoms with E-state index in [1.807, 2.05) is 0 Å². The van der Waals surface area contributed by atoms with E-state index in [2.05, 4.69) is 10.5 Å². The summed E-state index contributed by atoms with van der Waals surface area (Å²) in [4.78, 5) is 12.6. The van der Waals surface area contributed by atoms with E-state index in [1.165, 1.54) is 49.4 Å². The maximum Gasteiger partial charge on any atom is 0.257 e. The van der Waals surface area contributed by atoms with E-state index >= 15 is 0 Å². The van der Waals surface area contributed by atoms with Crippen molar-refractivity contribution in [3.63, 3.8) is 0 Å². The molecule has 3 aromatic rings. The Morgan fingerprint density at radius 1 is 1.30 bits per heavy atom. The molecule has 1 unspecified atom stereocenters. The van der Waals surface area contributed by atoms with Gasteiger partial charge in [0.05, 0.1) is 16.7 Å². The summed E-state index contributed by atoms with van der Waals surface area (Å²) in [5.74, 6) is -1.60. The van der Waals surface area contributed by atoms with Crippen LogP contribution in [0.15, 0.2) is 47.0 Å². The van der Waals surface area contributed by atoms with E-state index in [1.54, 1.807) is 0 Å². The van der Waals surface area contributed by atoms with E-state index in [-0.39, 0.29) is 34.1 Å². The Hall–Kier alpha value is -2.77. The highest BCUT2D eigenvalue weighted by atomic mass is 35.5. The van der Waals surface area contributed by atoms with Crippen molar-refractivity contribution in [2.75, 3.05) is 6.54 Å². The molecule has 3 rings (SSSR count). The topological polar surface area (TPSA) is 75.4 Å². The lowest BCUT2D eigenvalue weighted by Gasteiger charge is -2.13. The molecule has 0 aliphatic rings. The van der Waals surface area contributed by atoms with Gasteiger partial charge in [-0.05, 0) is 36.8 Å². The monoisotopic (exact) mass is 392 g/mol. The van der Waals surface area contributed by atoms with Crippen LogP contribution in [0.4, 0.5) is 8.78 Å². The van der Waals surface area contributed by atoms with E-state index < -0.39 is 23.6 Å². The standard InChI is InChI=1S/C19H15ClF2N2O3/c1-10-16(18(24-27-10)17-13(20)6-3-7-14(17)22)19(26)23-9-15(25)11-4-2-5-12(21)8-11/h2-8,15,25H,9H2,1H3,(H,23,26). The second-order valence-corrected chi connectivity index (χ2v) is 6.25. The average molecular weight is 393 g/mol. The van der Waals surface area contributed by atoms with Crippen LogP contribution in [0.2, 0.25) is 5.02 Å². The molecule has 0 fully saturated rings. The molecule has 0 spiro atoms. The van der Waals surface area contributed by atoms with Crippen molar-refractivity contribution in [1.29, 1.82) is 0 Å². The highest BCUT2D eigenvalue weighted by Gasteiger charge is 2.25. The molecule has 2 N–H and O–H groups in total. The van der Waals surface area contributed by atoms with Crippen LogP contribution in [-0.2, 0) is 0 Å². The lowest BCUT2D eigenvalue weighted by molar-refractivity contribution is 0.0915. The Labute approximate surface area is 158 Å². The second-order valence-electron chi connectivity index (χ2n) is 5.84. The van der Waals surface area contributed by atoms with Crippen molar-refractivity contribution in [2.45, 2.75) is 13.0 Å². The first-order chi connectivity index (χ1) is 12.9. The van der Waals surface area contributed by atoms with Gasteiger partial charge in [-0.2, -0.15) is 0 Å². The largest absolute Gasteiger partial charge is 0.387 e. The minimum atomic E-state index is -1.12. The molecular formula is C19H15ClF2N2O3. The third-order valence-electron chi connectivity index (χ3n) is 3.98. The molecule has 140 valence electrons. The number of amides is 1. The van der Waals surface area contributed by atoms with Gasteiger partial charge in [0.2, 0.25) is 0 Å². The summed E-state index contributed by atoms with van der Waals surface area (Å²) in [6, 6.07) is 9.52. The Balaban J connectivity index is 1.83. The number of nitrogens with one attached hydrogen (secondary N) is 1. The number of benzene rings is 2. The van der Waals surface area contributed by atoms with Crippen molar-refractivity contribution in [3.05, 3.63) is 76.0 Å². The van der Waals surface area contributed by atoms with Gasteiger partial charge < -0.3 is 14.9 Å². The summed E-state index contributed by atoms with van der Waals surface area (Å²) in [6.45, 7) is 1.32. The van der Waals surface area contributed by atoms with Gasteiger partial charge in [0, 0.05) is 6.54 Å². The van der Waals surface area contributed by atoms with Crippen molar-refractivity contribution < 1.29 is 23.2 Å². The molecule has 1 heterocycles. The average Bonchev–Trinajstić information content (AvgIpc) is 3.00. The molecule has 1 aromatic heterocycles. The summed E-state index contributed by atoms with van der Waals surface area (Å²) >= 11 is 6.04. The van der Waals surface area contributed by atoms with Gasteiger partial charge in [-0.15, -0.1) is 0 Å². The first kappa shape index (κ1) is 19.0. The van der Waals surface area contributed by atoms with Crippen LogP contribution in [0.5, 0.6) is 0 Å². The number of carbonyl (C=O) groups is 1. The number of aliphatic hydroxyl groups is 1. The fraction of sp³-hybridized carbons (Fsp3) is 0.158. The maximum absolute atomic E-state index is 14.2. The zero-order valence-electron chi connectivity index (χ0n) is 14.2. The zero-order valence-corrected chi connectivity index (χ0v) is 14.9. The molecule has 0 radical (unpaired) electrons. The minimum absolute atomic E-state index is 0.00782. The lowest BCUT2D eigenvalue weighted by Crippen LogP contribution is -2.29. The molecule has 2 aromatic carbocycles. The Kier molecular flexibility index (Phi) is 5.53. The normalized spacial score (nSPS) is 12.0. The molecule has 1 atom stereocenters. The number of hydrogen-bond donors (Lipinski definition) is 2. The first-order valence-corrected chi connectivity index (χ1v) is 8.38. The lowest BCUT2D eigenvalue weighted by atomic mass is 10.0. The highest BCUT2D eigenvalue weighted by Crippen LogP contribution is 2.33. The number of aryl methyl sites for hydroxylation is 1. The minimum Gasteiger partial charge on any atom is -0.387 e. The van der Waals surface area contributed by atoms with Crippen molar-refractivity contribution >= 4 is 17.5 Å². The van der Waals surface area contributed by atoms with Gasteiger partial charge in [0.25, 0.3) is 5.91 Å². The molecule has 27 heavy (non-hydrogen) atoms. The predicted octanol–water partition coefficient (Wildman–Crippen LogP) is 4.05. The van der Waals surface area contributed by atoms with Crippen LogP contribution in [0.3, 0.4) is 0 Å². The van der Waals surface area contributed by atoms with Crippen LogP contribution in [0.1, 0.15) is 27.8 Å². The predicted molar refractivity (Wildman–Crippen MR) is 95.3 cm³/mol. The van der Waals surface area contributed by atoms with Gasteiger partial charge in [0.1, 0.15) is 28.7 Å². The number of halogens is 3. The van der Waals surface area contributed by atoms with Gasteiger partial charge in [-0.25, -0.2) is 8.78 Å². The molecular weight excluding hydrogens is 378 g/mol. The second kappa shape index (κ2) is 7.85. The summed E-state index contributed by atoms with van der Waals surface area (Å²) in [7, 11) is 0. The van der Waals surface area contributed by atoms with Crippen molar-refractivity contribution in [2.24, 2.45) is 0 Å². The van der Waals surface area contributed by atoms with Crippen LogP contribution in [0.25, 0.3) is 11.3 Å². The van der Waals surface area contributed by atoms with E-state index in [0.717, 1.165) is 0 Å². The Morgan fingerprint density at radius 3 is 2.74 bits per heavy atom. The van der Waals surface area contributed by atoms with Gasteiger partial charge in [-0.3, -0.25) is 4.79 Å². The number of rotatable bonds is 5. The van der Waals surface area contributed by atoms with Crippen LogP contribution >= 0.6 is 11.6 Å². The number of nitrogens with zero attached hydrogens (tertiary/aromatic N) is 1. The molecule has 0 aliphatic heterocycles. The number of aliphatic hydroxyl groups excluding tert-OH is 1. The molecule has 0 bridgehead atoms. The summed E-state index contributed by atoms with van der Waals surface area (Å²) in [5.41, 5.74) is 0.239. The number of carbonyl (C=O) groups excluding carboxylic acids is 1. The molecule has 8 heteroatoms. The molecule has 0 saturated heterocycles. The summed E-state index contributed by atoms with van der Waals surface area (Å²) in [6.07, 6.45) is -1.12. The summed E-state index contributed by atoms with van der Waals surface area (Å²) in [5, 5.41) is 16.5. The first-order valence-electron chi connectivity index (χ1n) is 8.01. The number of hydrogen-bond acceptors (Lipinski definition) is 4. The summed E-state index contributed by atoms with van der Waals surface area (Å²) < 4.78 is 32.5. The smallest absolute Gasteiger partial charge is 0.257 e. The van der Waals surface area contributed by atoms with E-state index in [4.69, 9.17) is 16.1 Å². The van der Waals surface area contributed by atoms with Crippen LogP contribution in [0, 0.1) is 18.6 Å². The third kappa shape index (κ3) is 3.99. The van der Waals surface area contributed by atoms with Gasteiger partial charge in [0.15, 0.2) is 0 Å². The fourth-order valence-corrected chi connectivity index (χ4v) is 2.90. The molecule has 0 saturated carbocycles. The Morgan fingerprint density at radius 2 is 2.04 bits per heavy atom. The molecule has 5 nitrogen and oxygen atoms in total. The molecule has 0 aliphatic carbocycles. The van der Waals surface area contributed by atoms with Crippen molar-refractivity contribution in [3.8, 4) is 11.3 Å².